The summed E-state index contributed by atoms with van der Waals surface area (Å²) in [4.78, 5) is 7.09. The van der Waals surface area contributed by atoms with Crippen LogP contribution in [0.4, 0.5) is 5.69 Å². The van der Waals surface area contributed by atoms with Gasteiger partial charge in [-0.2, -0.15) is 0 Å². The molecule has 7 heteroatoms. The second-order valence-corrected chi connectivity index (χ2v) is 7.33. The molecular weight excluding hydrogens is 380 g/mol. The van der Waals surface area contributed by atoms with Gasteiger partial charge in [-0.15, -0.1) is 0 Å². The molecule has 1 fully saturated rings. The van der Waals surface area contributed by atoms with E-state index in [9.17, 15) is 0 Å². The molecule has 0 unspecified atom stereocenters. The van der Waals surface area contributed by atoms with E-state index in [0.717, 1.165) is 63.3 Å². The lowest BCUT2D eigenvalue weighted by Gasteiger charge is -2.28. The summed E-state index contributed by atoms with van der Waals surface area (Å²) < 4.78 is 16.2. The van der Waals surface area contributed by atoms with E-state index in [2.05, 4.69) is 52.8 Å². The molecule has 30 heavy (non-hydrogen) atoms. The van der Waals surface area contributed by atoms with E-state index < -0.39 is 0 Å². The minimum absolute atomic E-state index is 0.307. The van der Waals surface area contributed by atoms with Crippen LogP contribution in [-0.2, 0) is 17.7 Å². The Labute approximate surface area is 178 Å². The summed E-state index contributed by atoms with van der Waals surface area (Å²) in [5, 5.41) is 6.73. The Morgan fingerprint density at radius 1 is 0.967 bits per heavy atom. The van der Waals surface area contributed by atoms with Gasteiger partial charge in [0.2, 0.25) is 6.79 Å². The SMILES string of the molecule is CCNC(=NCc1ccc(N2CCOCC2)cc1)NCCc1ccc2c(c1)OCO2. The zero-order valence-electron chi connectivity index (χ0n) is 17.5. The summed E-state index contributed by atoms with van der Waals surface area (Å²) in [6.45, 7) is 8.15. The molecule has 0 amide bonds. The van der Waals surface area contributed by atoms with Gasteiger partial charge in [0.1, 0.15) is 0 Å². The molecule has 1 saturated heterocycles. The number of fused-ring (bicyclic) bond motifs is 1. The lowest BCUT2D eigenvalue weighted by molar-refractivity contribution is 0.122. The average Bonchev–Trinajstić information content (AvgIpc) is 3.26. The average molecular weight is 411 g/mol. The number of guanidine groups is 1. The van der Waals surface area contributed by atoms with Crippen molar-refractivity contribution < 1.29 is 14.2 Å². The largest absolute Gasteiger partial charge is 0.454 e. The van der Waals surface area contributed by atoms with E-state index in [1.165, 1.54) is 16.8 Å². The Kier molecular flexibility index (Phi) is 6.92. The number of ether oxygens (including phenoxy) is 3. The van der Waals surface area contributed by atoms with Crippen molar-refractivity contribution in [1.29, 1.82) is 0 Å². The fourth-order valence-electron chi connectivity index (χ4n) is 3.57. The Morgan fingerprint density at radius 2 is 1.73 bits per heavy atom. The molecule has 2 aliphatic rings. The van der Waals surface area contributed by atoms with Gasteiger partial charge >= 0.3 is 0 Å². The van der Waals surface area contributed by atoms with E-state index >= 15 is 0 Å². The summed E-state index contributed by atoms with van der Waals surface area (Å²) in [5.41, 5.74) is 3.65. The molecule has 7 nitrogen and oxygen atoms in total. The van der Waals surface area contributed by atoms with E-state index in [4.69, 9.17) is 19.2 Å². The van der Waals surface area contributed by atoms with Crippen LogP contribution in [0.5, 0.6) is 11.5 Å². The fourth-order valence-corrected chi connectivity index (χ4v) is 3.57. The lowest BCUT2D eigenvalue weighted by atomic mass is 10.1. The first-order chi connectivity index (χ1) is 14.8. The number of nitrogens with zero attached hydrogens (tertiary/aromatic N) is 2. The quantitative estimate of drug-likeness (QED) is 0.540. The van der Waals surface area contributed by atoms with Gasteiger partial charge in [-0.3, -0.25) is 0 Å². The minimum Gasteiger partial charge on any atom is -0.454 e. The second-order valence-electron chi connectivity index (χ2n) is 7.33. The van der Waals surface area contributed by atoms with E-state index in [1.807, 2.05) is 12.1 Å². The van der Waals surface area contributed by atoms with Crippen LogP contribution in [0.2, 0.25) is 0 Å². The van der Waals surface area contributed by atoms with Gasteiger partial charge in [0.05, 0.1) is 19.8 Å². The van der Waals surface area contributed by atoms with Gasteiger partial charge in [-0.05, 0) is 48.7 Å². The maximum atomic E-state index is 5.45. The van der Waals surface area contributed by atoms with Gasteiger partial charge < -0.3 is 29.7 Å². The topological polar surface area (TPSA) is 67.4 Å². The minimum atomic E-state index is 0.307. The predicted molar refractivity (Wildman–Crippen MR) is 119 cm³/mol. The monoisotopic (exact) mass is 410 g/mol. The highest BCUT2D eigenvalue weighted by molar-refractivity contribution is 5.79. The molecule has 0 bridgehead atoms. The van der Waals surface area contributed by atoms with E-state index in [0.29, 0.717) is 13.3 Å². The summed E-state index contributed by atoms with van der Waals surface area (Å²) >= 11 is 0. The van der Waals surface area contributed by atoms with Crippen molar-refractivity contribution in [3.63, 3.8) is 0 Å². The highest BCUT2D eigenvalue weighted by Crippen LogP contribution is 2.32. The number of anilines is 1. The molecule has 4 rings (SSSR count). The van der Waals surface area contributed by atoms with Crippen molar-refractivity contribution in [2.45, 2.75) is 19.9 Å². The summed E-state index contributed by atoms with van der Waals surface area (Å²) in [5.74, 6) is 2.48. The molecule has 0 saturated carbocycles. The van der Waals surface area contributed by atoms with Crippen molar-refractivity contribution in [1.82, 2.24) is 10.6 Å². The zero-order chi connectivity index (χ0) is 20.6. The zero-order valence-corrected chi connectivity index (χ0v) is 17.5. The summed E-state index contributed by atoms with van der Waals surface area (Å²) in [6.07, 6.45) is 0.884. The van der Waals surface area contributed by atoms with Crippen molar-refractivity contribution >= 4 is 11.6 Å². The smallest absolute Gasteiger partial charge is 0.231 e. The molecule has 0 aromatic heterocycles. The van der Waals surface area contributed by atoms with E-state index in [1.54, 1.807) is 0 Å². The van der Waals surface area contributed by atoms with Gasteiger partial charge in [0.25, 0.3) is 0 Å². The van der Waals surface area contributed by atoms with Crippen molar-refractivity contribution in [2.75, 3.05) is 51.1 Å². The number of rotatable bonds is 7. The highest BCUT2D eigenvalue weighted by atomic mass is 16.7. The number of hydrogen-bond donors (Lipinski definition) is 2. The summed E-state index contributed by atoms with van der Waals surface area (Å²) in [7, 11) is 0. The van der Waals surface area contributed by atoms with Crippen LogP contribution < -0.4 is 25.0 Å². The van der Waals surface area contributed by atoms with E-state index in [-0.39, 0.29) is 0 Å². The molecule has 0 radical (unpaired) electrons. The maximum absolute atomic E-state index is 5.45. The second kappa shape index (κ2) is 10.2. The first kappa shape index (κ1) is 20.3. The number of nitrogens with one attached hydrogen (secondary N) is 2. The van der Waals surface area contributed by atoms with Crippen LogP contribution in [0.1, 0.15) is 18.1 Å². The molecular formula is C23H30N4O3. The predicted octanol–water partition coefficient (Wildman–Crippen LogP) is 2.55. The van der Waals surface area contributed by atoms with Crippen molar-refractivity contribution in [3.05, 3.63) is 53.6 Å². The number of benzene rings is 2. The van der Waals surface area contributed by atoms with Crippen molar-refractivity contribution in [2.24, 2.45) is 4.99 Å². The third-order valence-corrected chi connectivity index (χ3v) is 5.22. The van der Waals surface area contributed by atoms with Gasteiger partial charge in [0.15, 0.2) is 17.5 Å². The van der Waals surface area contributed by atoms with Crippen LogP contribution in [0.15, 0.2) is 47.5 Å². The Morgan fingerprint density at radius 3 is 2.53 bits per heavy atom. The number of aliphatic imine (C=N–C) groups is 1. The molecule has 0 aliphatic carbocycles. The molecule has 0 spiro atoms. The molecule has 2 heterocycles. The third kappa shape index (κ3) is 5.36. The van der Waals surface area contributed by atoms with Gasteiger partial charge in [-0.1, -0.05) is 18.2 Å². The first-order valence-electron chi connectivity index (χ1n) is 10.6. The number of hydrogen-bond acceptors (Lipinski definition) is 5. The highest BCUT2D eigenvalue weighted by Gasteiger charge is 2.13. The van der Waals surface area contributed by atoms with Crippen LogP contribution in [-0.4, -0.2) is 52.1 Å². The van der Waals surface area contributed by atoms with Crippen LogP contribution >= 0.6 is 0 Å². The van der Waals surface area contributed by atoms with Crippen LogP contribution in [0, 0.1) is 0 Å². The normalized spacial score (nSPS) is 15.9. The number of morpholine rings is 1. The molecule has 2 aliphatic heterocycles. The van der Waals surface area contributed by atoms with Crippen LogP contribution in [0.25, 0.3) is 0 Å². The first-order valence-corrected chi connectivity index (χ1v) is 10.6. The maximum Gasteiger partial charge on any atom is 0.231 e. The Balaban J connectivity index is 1.28. The van der Waals surface area contributed by atoms with Crippen LogP contribution in [0.3, 0.4) is 0 Å². The lowest BCUT2D eigenvalue weighted by Crippen LogP contribution is -2.38. The third-order valence-electron chi connectivity index (χ3n) is 5.22. The van der Waals surface area contributed by atoms with Gasteiger partial charge in [-0.25, -0.2) is 4.99 Å². The van der Waals surface area contributed by atoms with Crippen molar-refractivity contribution in [3.8, 4) is 11.5 Å². The molecule has 2 N–H and O–H groups in total. The molecule has 2 aromatic rings. The molecule has 160 valence electrons. The molecule has 2 aromatic carbocycles. The summed E-state index contributed by atoms with van der Waals surface area (Å²) in [6, 6.07) is 14.8. The fraction of sp³-hybridized carbons (Fsp3) is 0.435. The molecule has 0 atom stereocenters. The Hall–Kier alpha value is -2.93. The van der Waals surface area contributed by atoms with Gasteiger partial charge in [0, 0.05) is 31.9 Å². The Bertz CT molecular complexity index is 848. The standard InChI is InChI=1S/C23H30N4O3/c1-2-24-23(25-10-9-18-5-8-21-22(15-18)30-17-29-21)26-16-19-3-6-20(7-4-19)27-11-13-28-14-12-27/h3-8,15H,2,9-14,16-17H2,1H3,(H2,24,25,26).